The van der Waals surface area contributed by atoms with Crippen LogP contribution in [0.5, 0.6) is 11.6 Å². The van der Waals surface area contributed by atoms with Crippen LogP contribution in [0.2, 0.25) is 0 Å². The molecule has 4 N–H and O–H groups in total. The number of nitrogens with zero attached hydrogens (tertiary/aromatic N) is 1. The van der Waals surface area contributed by atoms with Crippen LogP contribution in [0.3, 0.4) is 0 Å². The molecule has 0 saturated carbocycles. The standard InChI is InChI=1S/C25H28N4O5S/c1-17-5-3-8-21(13-17)35(31,32)29-19-7-4-6-18(14-19)24(30)16-26-11-12-34-20-9-10-22-23(15-20)27-28-25(22)33-2/h3-10,13-15,24,26,29-30H,11-12,16H2,1-2H3,(H,27,28). The highest BCUT2D eigenvalue weighted by Crippen LogP contribution is 2.26. The number of hydrogen-bond donors (Lipinski definition) is 4. The molecular weight excluding hydrogens is 468 g/mol. The van der Waals surface area contributed by atoms with E-state index >= 15 is 0 Å². The van der Waals surface area contributed by atoms with Gasteiger partial charge in [0.15, 0.2) is 0 Å². The van der Waals surface area contributed by atoms with Gasteiger partial charge in [0.1, 0.15) is 12.4 Å². The number of fused-ring (bicyclic) bond motifs is 1. The molecule has 0 bridgehead atoms. The smallest absolute Gasteiger partial charge is 0.261 e. The molecule has 0 saturated heterocycles. The highest BCUT2D eigenvalue weighted by molar-refractivity contribution is 7.92. The van der Waals surface area contributed by atoms with Crippen molar-refractivity contribution in [3.63, 3.8) is 0 Å². The Balaban J connectivity index is 1.27. The molecule has 4 rings (SSSR count). The Kier molecular flexibility index (Phi) is 7.54. The monoisotopic (exact) mass is 496 g/mol. The van der Waals surface area contributed by atoms with E-state index in [-0.39, 0.29) is 11.4 Å². The maximum Gasteiger partial charge on any atom is 0.261 e. The lowest BCUT2D eigenvalue weighted by molar-refractivity contribution is 0.172. The number of aryl methyl sites for hydroxylation is 1. The Hall–Kier alpha value is -3.60. The van der Waals surface area contributed by atoms with E-state index in [9.17, 15) is 13.5 Å². The first kappa shape index (κ1) is 24.5. The number of nitrogens with one attached hydrogen (secondary N) is 3. The van der Waals surface area contributed by atoms with Gasteiger partial charge in [-0.3, -0.25) is 9.82 Å². The van der Waals surface area contributed by atoms with Gasteiger partial charge in [0.25, 0.3) is 10.0 Å². The van der Waals surface area contributed by atoms with Crippen molar-refractivity contribution in [2.24, 2.45) is 0 Å². The molecule has 1 unspecified atom stereocenters. The molecule has 0 amide bonds. The number of aliphatic hydroxyl groups excluding tert-OH is 1. The molecule has 1 heterocycles. The molecule has 3 aromatic carbocycles. The number of aromatic amines is 1. The first-order chi connectivity index (χ1) is 16.9. The summed E-state index contributed by atoms with van der Waals surface area (Å²) in [4.78, 5) is 0.191. The van der Waals surface area contributed by atoms with Crippen molar-refractivity contribution < 1.29 is 23.0 Å². The molecular formula is C25H28N4O5S. The summed E-state index contributed by atoms with van der Waals surface area (Å²) in [6.07, 6.45) is -0.813. The second-order valence-corrected chi connectivity index (χ2v) is 9.74. The van der Waals surface area contributed by atoms with Gasteiger partial charge in [-0.2, -0.15) is 0 Å². The molecule has 0 spiro atoms. The Morgan fingerprint density at radius 3 is 2.71 bits per heavy atom. The number of anilines is 1. The van der Waals surface area contributed by atoms with Crippen LogP contribution >= 0.6 is 0 Å². The SMILES string of the molecule is COc1n[nH]c2cc(OCCNCC(O)c3cccc(NS(=O)(=O)c4cccc(C)c4)c3)ccc12. The topological polar surface area (TPSA) is 126 Å². The van der Waals surface area contributed by atoms with E-state index < -0.39 is 16.1 Å². The number of sulfonamides is 1. The number of benzene rings is 3. The Labute approximate surface area is 204 Å². The summed E-state index contributed by atoms with van der Waals surface area (Å²) in [5, 5.41) is 21.6. The third-order valence-electron chi connectivity index (χ3n) is 5.40. The normalized spacial score (nSPS) is 12.4. The second kappa shape index (κ2) is 10.8. The van der Waals surface area contributed by atoms with E-state index in [0.717, 1.165) is 16.5 Å². The zero-order valence-corrected chi connectivity index (χ0v) is 20.3. The van der Waals surface area contributed by atoms with Crippen LogP contribution < -0.4 is 19.5 Å². The lowest BCUT2D eigenvalue weighted by atomic mass is 10.1. The molecule has 1 atom stereocenters. The van der Waals surface area contributed by atoms with Crippen molar-refractivity contribution in [1.29, 1.82) is 0 Å². The summed E-state index contributed by atoms with van der Waals surface area (Å²) < 4.78 is 38.9. The largest absolute Gasteiger partial charge is 0.492 e. The molecule has 10 heteroatoms. The summed E-state index contributed by atoms with van der Waals surface area (Å²) >= 11 is 0. The lowest BCUT2D eigenvalue weighted by Gasteiger charge is -2.15. The van der Waals surface area contributed by atoms with Crippen molar-refractivity contribution in [3.8, 4) is 11.6 Å². The van der Waals surface area contributed by atoms with Gasteiger partial charge >= 0.3 is 0 Å². The Morgan fingerprint density at radius 1 is 1.09 bits per heavy atom. The maximum atomic E-state index is 12.7. The van der Waals surface area contributed by atoms with Gasteiger partial charge in [0.2, 0.25) is 5.88 Å². The maximum absolute atomic E-state index is 12.7. The minimum absolute atomic E-state index is 0.191. The molecule has 0 aliphatic rings. The predicted molar refractivity (Wildman–Crippen MR) is 134 cm³/mol. The molecule has 1 aromatic heterocycles. The van der Waals surface area contributed by atoms with Crippen LogP contribution in [0.1, 0.15) is 17.2 Å². The third-order valence-corrected chi connectivity index (χ3v) is 6.78. The summed E-state index contributed by atoms with van der Waals surface area (Å²) in [6.45, 7) is 3.04. The highest BCUT2D eigenvalue weighted by Gasteiger charge is 2.15. The fourth-order valence-electron chi connectivity index (χ4n) is 3.62. The van der Waals surface area contributed by atoms with Gasteiger partial charge in [0.05, 0.1) is 29.0 Å². The van der Waals surface area contributed by atoms with Crippen molar-refractivity contribution in [1.82, 2.24) is 15.5 Å². The number of aliphatic hydroxyl groups is 1. The average Bonchev–Trinajstić information content (AvgIpc) is 3.26. The van der Waals surface area contributed by atoms with Crippen LogP contribution in [0.15, 0.2) is 71.6 Å². The summed E-state index contributed by atoms with van der Waals surface area (Å²) in [7, 11) is -2.15. The zero-order chi connectivity index (χ0) is 24.8. The van der Waals surface area contributed by atoms with E-state index in [1.807, 2.05) is 31.2 Å². The van der Waals surface area contributed by atoms with Gasteiger partial charge in [0, 0.05) is 24.8 Å². The highest BCUT2D eigenvalue weighted by atomic mass is 32.2. The van der Waals surface area contributed by atoms with Crippen LogP contribution in [-0.2, 0) is 10.0 Å². The first-order valence-electron chi connectivity index (χ1n) is 11.1. The van der Waals surface area contributed by atoms with E-state index in [2.05, 4.69) is 20.2 Å². The molecule has 0 radical (unpaired) electrons. The number of hydrogen-bond acceptors (Lipinski definition) is 7. The van der Waals surface area contributed by atoms with Crippen LogP contribution in [0, 0.1) is 6.92 Å². The first-order valence-corrected chi connectivity index (χ1v) is 12.6. The van der Waals surface area contributed by atoms with Gasteiger partial charge in [-0.05, 0) is 54.4 Å². The number of ether oxygens (including phenoxy) is 2. The van der Waals surface area contributed by atoms with Gasteiger partial charge in [-0.1, -0.05) is 24.3 Å². The molecule has 4 aromatic rings. The molecule has 0 fully saturated rings. The molecule has 0 aliphatic carbocycles. The van der Waals surface area contributed by atoms with Crippen LogP contribution in [-0.4, -0.2) is 50.5 Å². The van der Waals surface area contributed by atoms with Gasteiger partial charge in [-0.25, -0.2) is 8.42 Å². The third kappa shape index (κ3) is 6.10. The fourth-order valence-corrected chi connectivity index (χ4v) is 4.78. The molecule has 0 aliphatic heterocycles. The summed E-state index contributed by atoms with van der Waals surface area (Å²) in [5.41, 5.74) is 2.66. The van der Waals surface area contributed by atoms with Gasteiger partial charge in [-0.15, -0.1) is 5.10 Å². The number of H-pyrrole nitrogens is 1. The van der Waals surface area contributed by atoms with Crippen LogP contribution in [0.4, 0.5) is 5.69 Å². The minimum Gasteiger partial charge on any atom is -0.492 e. The van der Waals surface area contributed by atoms with Crippen molar-refractivity contribution in [3.05, 3.63) is 77.9 Å². The molecule has 184 valence electrons. The van der Waals surface area contributed by atoms with E-state index in [1.165, 1.54) is 0 Å². The Bertz CT molecular complexity index is 1400. The summed E-state index contributed by atoms with van der Waals surface area (Å²) in [6, 6.07) is 19.0. The molecule has 9 nitrogen and oxygen atoms in total. The van der Waals surface area contributed by atoms with Crippen molar-refractivity contribution in [2.45, 2.75) is 17.9 Å². The van der Waals surface area contributed by atoms with Gasteiger partial charge < -0.3 is 19.9 Å². The number of methoxy groups -OCH3 is 1. The average molecular weight is 497 g/mol. The summed E-state index contributed by atoms with van der Waals surface area (Å²) in [5.74, 6) is 1.23. The number of aromatic nitrogens is 2. The number of rotatable bonds is 11. The fraction of sp³-hybridized carbons (Fsp3) is 0.240. The Morgan fingerprint density at radius 2 is 1.91 bits per heavy atom. The lowest BCUT2D eigenvalue weighted by Crippen LogP contribution is -2.26. The van der Waals surface area contributed by atoms with Crippen molar-refractivity contribution in [2.75, 3.05) is 31.5 Å². The van der Waals surface area contributed by atoms with E-state index in [1.54, 1.807) is 49.6 Å². The van der Waals surface area contributed by atoms with E-state index in [0.29, 0.717) is 36.0 Å². The van der Waals surface area contributed by atoms with Crippen molar-refractivity contribution >= 4 is 26.6 Å². The molecule has 35 heavy (non-hydrogen) atoms. The minimum atomic E-state index is -3.72. The second-order valence-electron chi connectivity index (χ2n) is 8.06. The van der Waals surface area contributed by atoms with E-state index in [4.69, 9.17) is 9.47 Å². The predicted octanol–water partition coefficient (Wildman–Crippen LogP) is 3.38. The quantitative estimate of drug-likeness (QED) is 0.235. The zero-order valence-electron chi connectivity index (χ0n) is 19.5. The van der Waals surface area contributed by atoms with Crippen LogP contribution in [0.25, 0.3) is 10.9 Å².